The summed E-state index contributed by atoms with van der Waals surface area (Å²) in [6.07, 6.45) is 1.09. The zero-order chi connectivity index (χ0) is 16.2. The van der Waals surface area contributed by atoms with Crippen molar-refractivity contribution in [1.29, 1.82) is 0 Å². The Hall–Kier alpha value is -2.11. The van der Waals surface area contributed by atoms with Gasteiger partial charge in [-0.15, -0.1) is 0 Å². The number of carbonyl (C=O) groups excluding carboxylic acids is 1. The normalized spacial score (nSPS) is 21.1. The topological polar surface area (TPSA) is 73.6 Å². The summed E-state index contributed by atoms with van der Waals surface area (Å²) in [5.41, 5.74) is 6.98. The molecule has 23 heavy (non-hydrogen) atoms. The first-order valence-electron chi connectivity index (χ1n) is 7.85. The fourth-order valence-electron chi connectivity index (χ4n) is 2.97. The van der Waals surface area contributed by atoms with Crippen LogP contribution in [0.4, 0.5) is 0 Å². The number of nitrogens with two attached hydrogens (primary N) is 1. The lowest BCUT2D eigenvalue weighted by molar-refractivity contribution is -0.121. The van der Waals surface area contributed by atoms with Crippen LogP contribution in [0.5, 0.6) is 5.75 Å². The minimum Gasteiger partial charge on any atom is -0.497 e. The summed E-state index contributed by atoms with van der Waals surface area (Å²) >= 11 is 0. The van der Waals surface area contributed by atoms with Crippen LogP contribution >= 0.6 is 0 Å². The Kier molecular flexibility index (Phi) is 4.79. The second-order valence-electron chi connectivity index (χ2n) is 5.88. The number of fused-ring (bicyclic) bond motifs is 1. The third-order valence-electron chi connectivity index (χ3n) is 4.28. The molecular formula is C18H22N2O3. The van der Waals surface area contributed by atoms with E-state index < -0.39 is 0 Å². The lowest BCUT2D eigenvalue weighted by atomic mass is 10.0. The average Bonchev–Trinajstić information content (AvgIpc) is 2.57. The highest BCUT2D eigenvalue weighted by Gasteiger charge is 2.24. The molecule has 1 heterocycles. The maximum atomic E-state index is 12.4. The SMILES string of the molecule is COc1ccc2cccc(CC(=O)N[C@@H]3CCOC[C@@H]3N)c2c1. The highest BCUT2D eigenvalue weighted by Crippen LogP contribution is 2.24. The largest absolute Gasteiger partial charge is 0.497 e. The molecule has 0 spiro atoms. The number of benzene rings is 2. The number of nitrogens with one attached hydrogen (secondary N) is 1. The van der Waals surface area contributed by atoms with E-state index in [2.05, 4.69) is 5.32 Å². The first-order valence-corrected chi connectivity index (χ1v) is 7.85. The van der Waals surface area contributed by atoms with Gasteiger partial charge in [-0.1, -0.05) is 24.3 Å². The molecule has 5 heteroatoms. The molecule has 0 radical (unpaired) electrons. The van der Waals surface area contributed by atoms with Crippen LogP contribution in [0.25, 0.3) is 10.8 Å². The Morgan fingerprint density at radius 2 is 2.26 bits per heavy atom. The van der Waals surface area contributed by atoms with Gasteiger partial charge in [0.05, 0.1) is 20.1 Å². The highest BCUT2D eigenvalue weighted by molar-refractivity contribution is 5.91. The molecule has 0 aliphatic carbocycles. The van der Waals surface area contributed by atoms with Crippen molar-refractivity contribution in [3.8, 4) is 5.75 Å². The van der Waals surface area contributed by atoms with Crippen LogP contribution < -0.4 is 15.8 Å². The Morgan fingerprint density at radius 3 is 3.04 bits per heavy atom. The van der Waals surface area contributed by atoms with Crippen molar-refractivity contribution >= 4 is 16.7 Å². The standard InChI is InChI=1S/C18H22N2O3/c1-22-14-6-5-12-3-2-4-13(15(12)10-14)9-18(21)20-17-7-8-23-11-16(17)19/h2-6,10,16-17H,7-9,11,19H2,1H3,(H,20,21)/t16-,17+/m0/s1. The lowest BCUT2D eigenvalue weighted by Crippen LogP contribution is -2.53. The molecule has 0 aromatic heterocycles. The molecule has 0 saturated carbocycles. The van der Waals surface area contributed by atoms with Gasteiger partial charge in [-0.25, -0.2) is 0 Å². The summed E-state index contributed by atoms with van der Waals surface area (Å²) in [4.78, 5) is 12.4. The van der Waals surface area contributed by atoms with Crippen LogP contribution in [-0.4, -0.2) is 38.3 Å². The zero-order valence-electron chi connectivity index (χ0n) is 13.2. The van der Waals surface area contributed by atoms with Gasteiger partial charge in [-0.2, -0.15) is 0 Å². The van der Waals surface area contributed by atoms with Crippen LogP contribution in [0.1, 0.15) is 12.0 Å². The van der Waals surface area contributed by atoms with Gasteiger partial charge in [0.1, 0.15) is 5.75 Å². The summed E-state index contributed by atoms with van der Waals surface area (Å²) in [5, 5.41) is 5.17. The summed E-state index contributed by atoms with van der Waals surface area (Å²) in [6, 6.07) is 11.7. The second kappa shape index (κ2) is 6.98. The summed E-state index contributed by atoms with van der Waals surface area (Å²) in [5.74, 6) is 0.777. The number of hydrogen-bond donors (Lipinski definition) is 2. The van der Waals surface area contributed by atoms with Crippen molar-refractivity contribution in [3.63, 3.8) is 0 Å². The molecule has 2 aromatic rings. The molecule has 1 aliphatic heterocycles. The maximum Gasteiger partial charge on any atom is 0.224 e. The molecule has 1 aliphatic rings. The third-order valence-corrected chi connectivity index (χ3v) is 4.28. The van der Waals surface area contributed by atoms with Gasteiger partial charge in [0.25, 0.3) is 0 Å². The van der Waals surface area contributed by atoms with Crippen molar-refractivity contribution in [2.24, 2.45) is 5.73 Å². The molecule has 2 aromatic carbocycles. The molecule has 2 atom stereocenters. The van der Waals surface area contributed by atoms with Crippen molar-refractivity contribution < 1.29 is 14.3 Å². The van der Waals surface area contributed by atoms with Gasteiger partial charge < -0.3 is 20.5 Å². The van der Waals surface area contributed by atoms with Gasteiger partial charge >= 0.3 is 0 Å². The van der Waals surface area contributed by atoms with E-state index in [1.54, 1.807) is 7.11 Å². The first kappa shape index (κ1) is 15.8. The van der Waals surface area contributed by atoms with Gasteiger partial charge in [0, 0.05) is 18.7 Å². The number of carbonyl (C=O) groups is 1. The van der Waals surface area contributed by atoms with Crippen molar-refractivity contribution in [1.82, 2.24) is 5.32 Å². The molecule has 3 N–H and O–H groups in total. The molecule has 0 unspecified atom stereocenters. The van der Waals surface area contributed by atoms with E-state index >= 15 is 0 Å². The van der Waals surface area contributed by atoms with Gasteiger partial charge in [0.15, 0.2) is 0 Å². The zero-order valence-corrected chi connectivity index (χ0v) is 13.2. The van der Waals surface area contributed by atoms with Crippen LogP contribution in [-0.2, 0) is 16.0 Å². The predicted octanol–water partition coefficient (Wildman–Crippen LogP) is 1.62. The monoisotopic (exact) mass is 314 g/mol. The van der Waals surface area contributed by atoms with E-state index in [0.717, 1.165) is 28.5 Å². The van der Waals surface area contributed by atoms with E-state index in [1.165, 1.54) is 0 Å². The quantitative estimate of drug-likeness (QED) is 0.899. The Labute approximate surface area is 135 Å². The molecule has 5 nitrogen and oxygen atoms in total. The summed E-state index contributed by atoms with van der Waals surface area (Å²) in [7, 11) is 1.64. The molecular weight excluding hydrogens is 292 g/mol. The van der Waals surface area contributed by atoms with Crippen molar-refractivity contribution in [2.45, 2.75) is 24.9 Å². The van der Waals surface area contributed by atoms with Gasteiger partial charge in [0.2, 0.25) is 5.91 Å². The van der Waals surface area contributed by atoms with E-state index in [4.69, 9.17) is 15.2 Å². The number of rotatable bonds is 4. The number of amides is 1. The van der Waals surface area contributed by atoms with Crippen molar-refractivity contribution in [2.75, 3.05) is 20.3 Å². The van der Waals surface area contributed by atoms with E-state index in [0.29, 0.717) is 19.6 Å². The average molecular weight is 314 g/mol. The van der Waals surface area contributed by atoms with E-state index in [-0.39, 0.29) is 18.0 Å². The minimum atomic E-state index is -0.139. The molecule has 3 rings (SSSR count). The van der Waals surface area contributed by atoms with Crippen LogP contribution in [0.15, 0.2) is 36.4 Å². The third kappa shape index (κ3) is 3.63. The molecule has 1 fully saturated rings. The van der Waals surface area contributed by atoms with Crippen LogP contribution in [0.2, 0.25) is 0 Å². The predicted molar refractivity (Wildman–Crippen MR) is 89.5 cm³/mol. The smallest absolute Gasteiger partial charge is 0.224 e. The summed E-state index contributed by atoms with van der Waals surface area (Å²) < 4.78 is 10.6. The first-order chi connectivity index (χ1) is 11.2. The number of methoxy groups -OCH3 is 1. The Bertz CT molecular complexity index is 702. The van der Waals surface area contributed by atoms with Gasteiger partial charge in [-0.3, -0.25) is 4.79 Å². The second-order valence-corrected chi connectivity index (χ2v) is 5.88. The van der Waals surface area contributed by atoms with Crippen LogP contribution in [0, 0.1) is 0 Å². The van der Waals surface area contributed by atoms with Crippen LogP contribution in [0.3, 0.4) is 0 Å². The number of ether oxygens (including phenoxy) is 2. The Balaban J connectivity index is 1.76. The fraction of sp³-hybridized carbons (Fsp3) is 0.389. The summed E-state index contributed by atoms with van der Waals surface area (Å²) in [6.45, 7) is 1.14. The van der Waals surface area contributed by atoms with Crippen molar-refractivity contribution in [3.05, 3.63) is 42.0 Å². The molecule has 0 bridgehead atoms. The Morgan fingerprint density at radius 1 is 1.39 bits per heavy atom. The molecule has 122 valence electrons. The van der Waals surface area contributed by atoms with E-state index in [1.807, 2.05) is 36.4 Å². The highest BCUT2D eigenvalue weighted by atomic mass is 16.5. The fourth-order valence-corrected chi connectivity index (χ4v) is 2.97. The lowest BCUT2D eigenvalue weighted by Gasteiger charge is -2.29. The molecule has 1 saturated heterocycles. The number of hydrogen-bond acceptors (Lipinski definition) is 4. The minimum absolute atomic E-state index is 0.0114. The molecule has 1 amide bonds. The van der Waals surface area contributed by atoms with Gasteiger partial charge in [-0.05, 0) is 34.9 Å². The maximum absolute atomic E-state index is 12.4. The van der Waals surface area contributed by atoms with E-state index in [9.17, 15) is 4.79 Å².